The predicted octanol–water partition coefficient (Wildman–Crippen LogP) is 4.37. The quantitative estimate of drug-likeness (QED) is 0.0785. The van der Waals surface area contributed by atoms with Gasteiger partial charge < -0.3 is 23.7 Å². The van der Waals surface area contributed by atoms with Crippen LogP contribution in [0.2, 0.25) is 0 Å². The molecule has 6 rings (SSSR count). The first kappa shape index (κ1) is 29.0. The highest BCUT2D eigenvalue weighted by Crippen LogP contribution is 2.51. The number of esters is 4. The molecule has 44 heavy (non-hydrogen) atoms. The van der Waals surface area contributed by atoms with E-state index in [1.807, 2.05) is 30.3 Å². The van der Waals surface area contributed by atoms with E-state index in [2.05, 4.69) is 0 Å². The molecule has 2 heterocycles. The molecule has 2 saturated heterocycles. The molecule has 224 valence electrons. The summed E-state index contributed by atoms with van der Waals surface area (Å²) in [5.74, 6) is -4.20. The number of fused-ring (bicyclic) bond motifs is 3. The highest BCUT2D eigenvalue weighted by Gasteiger charge is 2.53. The van der Waals surface area contributed by atoms with Crippen molar-refractivity contribution in [3.8, 4) is 11.5 Å². The number of rotatable bonds is 11. The van der Waals surface area contributed by atoms with Gasteiger partial charge in [0.25, 0.3) is 0 Å². The van der Waals surface area contributed by atoms with Gasteiger partial charge in [-0.1, -0.05) is 54.6 Å². The van der Waals surface area contributed by atoms with E-state index in [4.69, 9.17) is 23.7 Å². The molecule has 0 bridgehead atoms. The summed E-state index contributed by atoms with van der Waals surface area (Å²) in [5.41, 5.74) is 2.74. The second-order valence-corrected chi connectivity index (χ2v) is 10.7. The molecular formula is C34H28O10. The van der Waals surface area contributed by atoms with E-state index in [9.17, 15) is 24.0 Å². The second kappa shape index (κ2) is 12.6. The predicted molar refractivity (Wildman–Crippen MR) is 154 cm³/mol. The second-order valence-electron chi connectivity index (χ2n) is 10.7. The lowest BCUT2D eigenvalue weighted by molar-refractivity contribution is -0.155. The number of cyclic esters (lactones) is 4. The smallest absolute Gasteiger partial charge is 0.321 e. The minimum absolute atomic E-state index is 0.00911. The van der Waals surface area contributed by atoms with E-state index in [0.717, 1.165) is 5.56 Å². The van der Waals surface area contributed by atoms with Crippen LogP contribution in [0.25, 0.3) is 6.08 Å². The Morgan fingerprint density at radius 3 is 2.25 bits per heavy atom. The summed E-state index contributed by atoms with van der Waals surface area (Å²) in [6.45, 7) is 0.390. The van der Waals surface area contributed by atoms with Crippen molar-refractivity contribution in [3.63, 3.8) is 0 Å². The van der Waals surface area contributed by atoms with Gasteiger partial charge in [-0.25, -0.2) is 0 Å². The molecule has 4 unspecified atom stereocenters. The summed E-state index contributed by atoms with van der Waals surface area (Å²) < 4.78 is 26.6. The molecule has 0 aromatic heterocycles. The van der Waals surface area contributed by atoms with Crippen LogP contribution in [0.3, 0.4) is 0 Å². The monoisotopic (exact) mass is 596 g/mol. The largest absolute Gasteiger partial charge is 0.491 e. The van der Waals surface area contributed by atoms with Gasteiger partial charge in [0.15, 0.2) is 12.6 Å². The maximum atomic E-state index is 12.5. The third-order valence-electron chi connectivity index (χ3n) is 8.02. The van der Waals surface area contributed by atoms with Crippen molar-refractivity contribution in [1.82, 2.24) is 0 Å². The summed E-state index contributed by atoms with van der Waals surface area (Å²) in [6, 6.07) is 21.4. The molecule has 3 aromatic rings. The summed E-state index contributed by atoms with van der Waals surface area (Å²) in [7, 11) is 0. The normalized spacial score (nSPS) is 22.4. The molecule has 3 aromatic carbocycles. The Hall–Kier alpha value is -5.09. The van der Waals surface area contributed by atoms with Crippen LogP contribution in [0.5, 0.6) is 11.5 Å². The summed E-state index contributed by atoms with van der Waals surface area (Å²) in [5, 5.41) is 0. The van der Waals surface area contributed by atoms with E-state index in [1.165, 1.54) is 6.08 Å². The number of carbonyl (C=O) groups is 5. The first-order valence-corrected chi connectivity index (χ1v) is 14.2. The van der Waals surface area contributed by atoms with Crippen molar-refractivity contribution < 1.29 is 47.7 Å². The Morgan fingerprint density at radius 2 is 1.50 bits per heavy atom. The van der Waals surface area contributed by atoms with Gasteiger partial charge in [0.05, 0.1) is 30.8 Å². The number of ether oxygens (including phenoxy) is 5. The van der Waals surface area contributed by atoms with Gasteiger partial charge >= 0.3 is 23.9 Å². The zero-order valence-electron chi connectivity index (χ0n) is 23.5. The third-order valence-corrected chi connectivity index (χ3v) is 8.02. The molecule has 1 aliphatic carbocycles. The molecule has 10 nitrogen and oxygen atoms in total. The molecule has 2 fully saturated rings. The van der Waals surface area contributed by atoms with Crippen LogP contribution in [0.15, 0.2) is 78.9 Å². The van der Waals surface area contributed by atoms with Crippen LogP contribution in [0.1, 0.15) is 51.7 Å². The molecule has 0 N–H and O–H groups in total. The molecule has 0 saturated carbocycles. The molecule has 10 heteroatoms. The third kappa shape index (κ3) is 6.16. The summed E-state index contributed by atoms with van der Waals surface area (Å²) in [4.78, 5) is 61.3. The van der Waals surface area contributed by atoms with E-state index < -0.39 is 47.5 Å². The Morgan fingerprint density at radius 1 is 0.750 bits per heavy atom. The lowest BCUT2D eigenvalue weighted by Crippen LogP contribution is -2.31. The molecule has 3 aliphatic rings. The summed E-state index contributed by atoms with van der Waals surface area (Å²) in [6.07, 6.45) is 3.42. The maximum Gasteiger partial charge on any atom is 0.321 e. The van der Waals surface area contributed by atoms with Crippen molar-refractivity contribution in [2.45, 2.75) is 24.7 Å². The zero-order chi connectivity index (χ0) is 30.6. The first-order valence-electron chi connectivity index (χ1n) is 14.2. The highest BCUT2D eigenvalue weighted by atomic mass is 16.7. The van der Waals surface area contributed by atoms with Gasteiger partial charge in [0.1, 0.15) is 18.1 Å². The molecule has 0 amide bonds. The zero-order valence-corrected chi connectivity index (χ0v) is 23.5. The number of ketones is 1. The Bertz CT molecular complexity index is 1630. The lowest BCUT2D eigenvalue weighted by atomic mass is 9.67. The number of benzene rings is 3. The van der Waals surface area contributed by atoms with Crippen LogP contribution >= 0.6 is 0 Å². The van der Waals surface area contributed by atoms with E-state index in [-0.39, 0.29) is 38.6 Å². The fourth-order valence-electron chi connectivity index (χ4n) is 5.88. The average molecular weight is 597 g/mol. The lowest BCUT2D eigenvalue weighted by Gasteiger charge is -2.33. The van der Waals surface area contributed by atoms with Crippen molar-refractivity contribution in [2.24, 2.45) is 11.8 Å². The number of allylic oxidation sites excluding steroid dienone is 1. The molecule has 4 atom stereocenters. The van der Waals surface area contributed by atoms with Crippen molar-refractivity contribution in [3.05, 3.63) is 101 Å². The minimum atomic E-state index is -0.790. The van der Waals surface area contributed by atoms with Gasteiger partial charge in [-0.15, -0.1) is 0 Å². The van der Waals surface area contributed by atoms with Crippen LogP contribution in [-0.4, -0.2) is 49.7 Å². The summed E-state index contributed by atoms with van der Waals surface area (Å²) >= 11 is 0. The first-order chi connectivity index (χ1) is 21.4. The average Bonchev–Trinajstić information content (AvgIpc) is 3.53. The fourth-order valence-corrected chi connectivity index (χ4v) is 5.88. The van der Waals surface area contributed by atoms with Gasteiger partial charge in [-0.3, -0.25) is 24.0 Å². The van der Waals surface area contributed by atoms with Crippen molar-refractivity contribution in [2.75, 3.05) is 20.0 Å². The van der Waals surface area contributed by atoms with Crippen molar-refractivity contribution >= 4 is 35.7 Å². The Balaban J connectivity index is 1.000. The van der Waals surface area contributed by atoms with Gasteiger partial charge in [0.2, 0.25) is 0 Å². The van der Waals surface area contributed by atoms with Crippen LogP contribution in [0.4, 0.5) is 0 Å². The van der Waals surface area contributed by atoms with Gasteiger partial charge in [0, 0.05) is 5.56 Å². The fraction of sp³-hybridized carbons (Fsp3) is 0.265. The van der Waals surface area contributed by atoms with Crippen LogP contribution < -0.4 is 9.47 Å². The number of hydrogen-bond acceptors (Lipinski definition) is 10. The van der Waals surface area contributed by atoms with Gasteiger partial charge in [-0.05, 0) is 59.4 Å². The molecular weight excluding hydrogens is 568 g/mol. The molecule has 0 spiro atoms. The van der Waals surface area contributed by atoms with Crippen LogP contribution in [-0.2, 0) is 33.4 Å². The number of hydrogen-bond donors (Lipinski definition) is 0. The Kier molecular flexibility index (Phi) is 8.33. The highest BCUT2D eigenvalue weighted by molar-refractivity contribution is 6.06. The topological polar surface area (TPSA) is 132 Å². The van der Waals surface area contributed by atoms with E-state index >= 15 is 0 Å². The van der Waals surface area contributed by atoms with E-state index in [0.29, 0.717) is 28.2 Å². The SMILES string of the molecule is O=C1CC(C2CC3C(=O)OC(=O)C3c3cc(OCCOCOc4ccc(C=CC(=O)c5ccccc5)cc4)ccc32)C(=O)O1. The maximum absolute atomic E-state index is 12.5. The molecule has 0 radical (unpaired) electrons. The Labute approximate surface area is 252 Å². The van der Waals surface area contributed by atoms with Gasteiger partial charge in [-0.2, -0.15) is 0 Å². The van der Waals surface area contributed by atoms with E-state index in [1.54, 1.807) is 48.5 Å². The standard InChI is InChI=1S/C34H28O10/c35-29(21-4-2-1-3-5-21)13-8-20-6-9-22(10-7-20)42-19-40-14-15-41-23-11-12-24-25(27-18-30(36)43-32(27)37)17-28-31(26(24)16-23)34(39)44-33(28)38/h1-13,16,25,27-28,31H,14-15,17-19H2. The minimum Gasteiger partial charge on any atom is -0.491 e. The molecule has 2 aliphatic heterocycles. The van der Waals surface area contributed by atoms with Crippen LogP contribution in [0, 0.1) is 11.8 Å². The van der Waals surface area contributed by atoms with Crippen molar-refractivity contribution in [1.29, 1.82) is 0 Å². The number of carbonyl (C=O) groups excluding carboxylic acids is 5.